The summed E-state index contributed by atoms with van der Waals surface area (Å²) in [5, 5.41) is 13.9. The number of hydrogen-bond acceptors (Lipinski definition) is 8. The van der Waals surface area contributed by atoms with E-state index in [0.29, 0.717) is 37.5 Å². The molecular weight excluding hydrogens is 606 g/mol. The molecule has 5 rings (SSSR count). The van der Waals surface area contributed by atoms with Gasteiger partial charge in [0.15, 0.2) is 17.3 Å². The van der Waals surface area contributed by atoms with Crippen molar-refractivity contribution in [2.24, 2.45) is 0 Å². The second-order valence-corrected chi connectivity index (χ2v) is 13.8. The molecule has 0 saturated carbocycles. The molecule has 3 aromatic carbocycles. The molecule has 46 heavy (non-hydrogen) atoms. The summed E-state index contributed by atoms with van der Waals surface area (Å²) in [6, 6.07) is 21.7. The van der Waals surface area contributed by atoms with E-state index < -0.39 is 21.9 Å². The first-order chi connectivity index (χ1) is 21.9. The molecule has 11 nitrogen and oxygen atoms in total. The fourth-order valence-electron chi connectivity index (χ4n) is 5.24. The number of carbonyl (C=O) groups excluding carboxylic acids is 1. The maximum Gasteiger partial charge on any atom is 0.319 e. The van der Waals surface area contributed by atoms with Crippen LogP contribution < -0.4 is 18.7 Å². The Labute approximate surface area is 270 Å². The van der Waals surface area contributed by atoms with Gasteiger partial charge in [0.2, 0.25) is 18.1 Å². The van der Waals surface area contributed by atoms with Gasteiger partial charge in [-0.1, -0.05) is 75.4 Å². The van der Waals surface area contributed by atoms with E-state index in [0.717, 1.165) is 16.3 Å². The molecule has 0 N–H and O–H groups in total. The normalized spacial score (nSPS) is 14.5. The number of rotatable bonds is 10. The van der Waals surface area contributed by atoms with E-state index in [1.54, 1.807) is 65.3 Å². The van der Waals surface area contributed by atoms with Crippen molar-refractivity contribution in [1.82, 2.24) is 14.9 Å². The molecule has 1 aliphatic rings. The van der Waals surface area contributed by atoms with Crippen LogP contribution in [0.1, 0.15) is 44.9 Å². The number of anilines is 2. The third-order valence-corrected chi connectivity index (χ3v) is 9.83. The van der Waals surface area contributed by atoms with E-state index >= 15 is 0 Å². The number of piperazine rings is 1. The number of benzene rings is 3. The first-order valence-corrected chi connectivity index (χ1v) is 16.4. The molecule has 241 valence electrons. The molecule has 12 heteroatoms. The van der Waals surface area contributed by atoms with Crippen LogP contribution in [0.5, 0.6) is 23.1 Å². The summed E-state index contributed by atoms with van der Waals surface area (Å²) in [4.78, 5) is 23.7. The molecule has 1 unspecified atom stereocenters. The van der Waals surface area contributed by atoms with Gasteiger partial charge in [-0.2, -0.15) is 9.97 Å². The van der Waals surface area contributed by atoms with Crippen molar-refractivity contribution in [3.8, 4) is 23.1 Å². The lowest BCUT2D eigenvalue weighted by Gasteiger charge is -2.34. The highest BCUT2D eigenvalue weighted by Crippen LogP contribution is 2.46. The summed E-state index contributed by atoms with van der Waals surface area (Å²) in [7, 11) is -2.88. The number of hydrogen-bond donors (Lipinski definition) is 0. The number of para-hydroxylation sites is 2. The molecular formula is C34H38N5O6S. The molecule has 0 aliphatic carbocycles. The lowest BCUT2D eigenvalue weighted by Crippen LogP contribution is -2.46. The molecule has 1 atom stereocenters. The zero-order valence-corrected chi connectivity index (χ0v) is 27.4. The second kappa shape index (κ2) is 13.3. The zero-order chi connectivity index (χ0) is 33.1. The molecule has 2 heterocycles. The van der Waals surface area contributed by atoms with Crippen LogP contribution in [0, 0.1) is 0 Å². The minimum absolute atomic E-state index is 0.0266. The minimum atomic E-state index is -4.35. The van der Waals surface area contributed by atoms with Crippen LogP contribution in [0.15, 0.2) is 83.8 Å². The zero-order valence-electron chi connectivity index (χ0n) is 26.6. The summed E-state index contributed by atoms with van der Waals surface area (Å²) in [6.07, 6.45) is 0.771. The van der Waals surface area contributed by atoms with E-state index in [-0.39, 0.29) is 33.6 Å². The van der Waals surface area contributed by atoms with E-state index in [2.05, 4.69) is 25.8 Å². The van der Waals surface area contributed by atoms with Gasteiger partial charge in [-0.25, -0.2) is 12.7 Å². The largest absolute Gasteiger partial charge is 0.493 e. The summed E-state index contributed by atoms with van der Waals surface area (Å²) in [5.74, 6) is -0.801. The first-order valence-electron chi connectivity index (χ1n) is 15.0. The van der Waals surface area contributed by atoms with E-state index in [4.69, 9.17) is 14.5 Å². The van der Waals surface area contributed by atoms with Gasteiger partial charge in [0.25, 0.3) is 10.0 Å². The van der Waals surface area contributed by atoms with Crippen LogP contribution in [0.25, 0.3) is 0 Å². The van der Waals surface area contributed by atoms with Crippen LogP contribution in [0.3, 0.4) is 0 Å². The van der Waals surface area contributed by atoms with Gasteiger partial charge in [-0.05, 0) is 47.7 Å². The van der Waals surface area contributed by atoms with Crippen LogP contribution in [0.2, 0.25) is 0 Å². The lowest BCUT2D eigenvalue weighted by molar-refractivity contribution is -0.118. The molecule has 0 spiro atoms. The van der Waals surface area contributed by atoms with Crippen LogP contribution in [0.4, 0.5) is 11.8 Å². The molecule has 4 aromatic rings. The monoisotopic (exact) mass is 644 g/mol. The smallest absolute Gasteiger partial charge is 0.319 e. The van der Waals surface area contributed by atoms with Crippen molar-refractivity contribution in [3.05, 3.63) is 90.0 Å². The molecule has 1 amide bonds. The van der Waals surface area contributed by atoms with Gasteiger partial charge in [-0.3, -0.25) is 9.90 Å². The average Bonchev–Trinajstić information content (AvgIpc) is 3.06. The molecule has 1 aliphatic heterocycles. The Balaban J connectivity index is 1.73. The molecule has 1 fully saturated rings. The summed E-state index contributed by atoms with van der Waals surface area (Å²) in [6.45, 7) is 9.41. The molecule has 1 saturated heterocycles. The number of amides is 1. The van der Waals surface area contributed by atoms with Crippen molar-refractivity contribution >= 4 is 28.2 Å². The highest BCUT2D eigenvalue weighted by Gasteiger charge is 2.37. The first kappa shape index (κ1) is 32.6. The maximum atomic E-state index is 14.7. The predicted octanol–water partition coefficient (Wildman–Crippen LogP) is 5.95. The average molecular weight is 645 g/mol. The Morgan fingerprint density at radius 2 is 1.48 bits per heavy atom. The topological polar surface area (TPSA) is 125 Å². The van der Waals surface area contributed by atoms with Crippen LogP contribution in [-0.2, 0) is 25.3 Å². The number of methoxy groups -OCH3 is 1. The fourth-order valence-corrected chi connectivity index (χ4v) is 6.84. The Morgan fingerprint density at radius 1 is 0.870 bits per heavy atom. The van der Waals surface area contributed by atoms with Gasteiger partial charge in [-0.15, -0.1) is 0 Å². The molecule has 1 radical (unpaired) electrons. The number of ether oxygens (including phenoxy) is 2. The van der Waals surface area contributed by atoms with E-state index in [1.165, 1.54) is 7.11 Å². The maximum absolute atomic E-state index is 14.7. The van der Waals surface area contributed by atoms with Gasteiger partial charge in [0.1, 0.15) is 0 Å². The van der Waals surface area contributed by atoms with Gasteiger partial charge >= 0.3 is 5.88 Å². The van der Waals surface area contributed by atoms with E-state index in [1.807, 2.05) is 30.3 Å². The van der Waals surface area contributed by atoms with Crippen molar-refractivity contribution < 1.29 is 27.8 Å². The summed E-state index contributed by atoms with van der Waals surface area (Å²) < 4.78 is 42.2. The SMILES string of the molecule is COc1ccccc1Oc1c([O])nc(N2CCN(C=O)CC2)nc1N(C(C)c1ccccc1)S(=O)(=O)c1ccc(C(C)(C)C)cc1. The Morgan fingerprint density at radius 3 is 2.07 bits per heavy atom. The molecule has 0 bridgehead atoms. The standard InChI is InChI=1S/C34H38N5O6S/c1-24(25-11-7-6-8-12-25)39(46(42,43)27-17-15-26(16-18-27)34(2,3)4)31-30(45-29-14-10-9-13-28(29)44-5)32(41)36-33(35-31)38-21-19-37(23-40)20-22-38/h6-18,23-24H,19-22H2,1-5H3. The van der Waals surface area contributed by atoms with Crippen molar-refractivity contribution in [2.45, 2.75) is 44.0 Å². The third kappa shape index (κ3) is 6.71. The number of nitrogens with zero attached hydrogens (tertiary/aromatic N) is 5. The number of carbonyl (C=O) groups is 1. The molecule has 1 aromatic heterocycles. The third-order valence-electron chi connectivity index (χ3n) is 7.95. The minimum Gasteiger partial charge on any atom is -0.493 e. The van der Waals surface area contributed by atoms with Gasteiger partial charge in [0.05, 0.1) is 18.0 Å². The van der Waals surface area contributed by atoms with Crippen LogP contribution >= 0.6 is 0 Å². The second-order valence-electron chi connectivity index (χ2n) is 12.0. The van der Waals surface area contributed by atoms with E-state index in [9.17, 15) is 18.3 Å². The highest BCUT2D eigenvalue weighted by molar-refractivity contribution is 7.92. The Bertz CT molecular complexity index is 1770. The predicted molar refractivity (Wildman–Crippen MR) is 175 cm³/mol. The number of sulfonamides is 1. The Hall–Kier alpha value is -4.84. The van der Waals surface area contributed by atoms with Crippen molar-refractivity contribution in [3.63, 3.8) is 0 Å². The highest BCUT2D eigenvalue weighted by atomic mass is 32.2. The van der Waals surface area contributed by atoms with Crippen LogP contribution in [-0.4, -0.2) is 63.0 Å². The van der Waals surface area contributed by atoms with Gasteiger partial charge in [0, 0.05) is 26.2 Å². The van der Waals surface area contributed by atoms with Crippen molar-refractivity contribution in [2.75, 3.05) is 42.5 Å². The van der Waals surface area contributed by atoms with Crippen molar-refractivity contribution in [1.29, 1.82) is 0 Å². The Kier molecular flexibility index (Phi) is 9.38. The lowest BCUT2D eigenvalue weighted by atomic mass is 9.87. The fraction of sp³-hybridized carbons (Fsp3) is 0.324. The van der Waals surface area contributed by atoms with Gasteiger partial charge < -0.3 is 19.3 Å². The quantitative estimate of drug-likeness (QED) is 0.194. The summed E-state index contributed by atoms with van der Waals surface area (Å²) in [5.41, 5.74) is 1.45. The summed E-state index contributed by atoms with van der Waals surface area (Å²) >= 11 is 0. The number of aromatic nitrogens is 2.